The lowest BCUT2D eigenvalue weighted by Crippen LogP contribution is -1.93. The monoisotopic (exact) mass is 618 g/mol. The topological polar surface area (TPSA) is 23.0 Å². The van der Waals surface area contributed by atoms with Crippen molar-refractivity contribution in [3.05, 3.63) is 158 Å². The number of hydrogen-bond donors (Lipinski definition) is 0. The first-order valence-corrected chi connectivity index (χ1v) is 16.8. The quantitative estimate of drug-likeness (QED) is 0.193. The van der Waals surface area contributed by atoms with Gasteiger partial charge in [0.05, 0.1) is 22.1 Å². The average Bonchev–Trinajstić information content (AvgIpc) is 3.79. The van der Waals surface area contributed by atoms with Crippen LogP contribution >= 0.6 is 0 Å². The molecule has 0 radical (unpaired) electrons. The average molecular weight is 619 g/mol. The molecule has 0 saturated heterocycles. The van der Waals surface area contributed by atoms with Crippen molar-refractivity contribution in [1.82, 2.24) is 9.13 Å². The van der Waals surface area contributed by atoms with Crippen molar-refractivity contribution >= 4 is 65.6 Å². The highest BCUT2D eigenvalue weighted by atomic mass is 16.3. The highest BCUT2D eigenvalue weighted by molar-refractivity contribution is 6.12. The highest BCUT2D eigenvalue weighted by Gasteiger charge is 2.16. The summed E-state index contributed by atoms with van der Waals surface area (Å²) in [6.45, 7) is 4.25. The van der Waals surface area contributed by atoms with Crippen molar-refractivity contribution in [2.24, 2.45) is 0 Å². The van der Waals surface area contributed by atoms with E-state index >= 15 is 0 Å². The van der Waals surface area contributed by atoms with Crippen LogP contribution in [0.15, 0.2) is 162 Å². The minimum Gasteiger partial charge on any atom is -0.456 e. The van der Waals surface area contributed by atoms with Gasteiger partial charge in [0.2, 0.25) is 0 Å². The molecule has 230 valence electrons. The lowest BCUT2D eigenvalue weighted by Gasteiger charge is -2.08. The second-order valence-electron chi connectivity index (χ2n) is 12.5. The molecule has 48 heavy (non-hydrogen) atoms. The third-order valence-electron chi connectivity index (χ3n) is 9.31. The third kappa shape index (κ3) is 4.35. The molecule has 10 rings (SSSR count). The van der Waals surface area contributed by atoms with Crippen molar-refractivity contribution < 1.29 is 4.42 Å². The molecule has 0 spiro atoms. The maximum atomic E-state index is 6.36. The Hall–Kier alpha value is -6.06. The van der Waals surface area contributed by atoms with Crippen LogP contribution in [0.1, 0.15) is 20.3 Å². The van der Waals surface area contributed by atoms with Crippen molar-refractivity contribution in [1.29, 1.82) is 0 Å². The molecule has 3 heteroatoms. The first kappa shape index (κ1) is 28.2. The number of hydrogen-bond acceptors (Lipinski definition) is 1. The summed E-state index contributed by atoms with van der Waals surface area (Å²) in [5, 5.41) is 7.26. The lowest BCUT2D eigenvalue weighted by molar-refractivity contribution is 0.669. The molecule has 0 fully saturated rings. The Balaban J connectivity index is 0.00000101. The van der Waals surface area contributed by atoms with Crippen LogP contribution in [-0.4, -0.2) is 9.13 Å². The van der Waals surface area contributed by atoms with Gasteiger partial charge < -0.3 is 13.6 Å². The minimum atomic E-state index is 0.896. The van der Waals surface area contributed by atoms with Crippen LogP contribution in [0.4, 0.5) is 0 Å². The fourth-order valence-electron chi connectivity index (χ4n) is 7.29. The number of fused-ring (bicyclic) bond motifs is 9. The number of benzene rings is 7. The number of aromatic nitrogens is 2. The Bertz CT molecular complexity index is 2720. The maximum absolute atomic E-state index is 6.36. The Morgan fingerprint density at radius 3 is 1.44 bits per heavy atom. The van der Waals surface area contributed by atoms with Gasteiger partial charge in [-0.3, -0.25) is 0 Å². The molecule has 0 aliphatic rings. The van der Waals surface area contributed by atoms with Gasteiger partial charge in [0, 0.05) is 43.7 Å². The SMILES string of the molecule is CCC.c1ccc(-n2c3ccccc3c3cc(-c4ccc5oc6ccc(-n7c8ccccc8c8ccccc87)cc6c5c4)ccc32)cc1. The van der Waals surface area contributed by atoms with E-state index in [-0.39, 0.29) is 0 Å². The summed E-state index contributed by atoms with van der Waals surface area (Å²) in [5.74, 6) is 0. The molecule has 0 atom stereocenters. The Morgan fingerprint density at radius 1 is 0.375 bits per heavy atom. The molecule has 0 unspecified atom stereocenters. The van der Waals surface area contributed by atoms with Crippen LogP contribution < -0.4 is 0 Å². The molecule has 3 nitrogen and oxygen atoms in total. The van der Waals surface area contributed by atoms with E-state index < -0.39 is 0 Å². The van der Waals surface area contributed by atoms with Crippen molar-refractivity contribution in [3.8, 4) is 22.5 Å². The van der Waals surface area contributed by atoms with Crippen LogP contribution in [0.5, 0.6) is 0 Å². The Labute approximate surface area is 278 Å². The Kier molecular flexibility index (Phi) is 6.65. The lowest BCUT2D eigenvalue weighted by atomic mass is 10.0. The summed E-state index contributed by atoms with van der Waals surface area (Å²) >= 11 is 0. The van der Waals surface area contributed by atoms with E-state index in [0.29, 0.717) is 0 Å². The summed E-state index contributed by atoms with van der Waals surface area (Å²) in [6, 6.07) is 56.5. The summed E-state index contributed by atoms with van der Waals surface area (Å²) in [4.78, 5) is 0. The van der Waals surface area contributed by atoms with Gasteiger partial charge in [-0.15, -0.1) is 0 Å². The predicted octanol–water partition coefficient (Wildman–Crippen LogP) is 12.9. The van der Waals surface area contributed by atoms with Crippen LogP contribution in [0.25, 0.3) is 88.1 Å². The first-order valence-electron chi connectivity index (χ1n) is 16.8. The standard InChI is InChI=1S/C42H26N2O.C3H8/c1-2-10-29(11-3-1)43-39-17-9-6-14-33(39)34-24-27(18-21-40(34)43)28-19-22-41-35(25-28)36-26-30(20-23-42(36)45-41)44-37-15-7-4-12-31(37)32-13-5-8-16-38(32)44;1-3-2/h1-26H;3H2,1-2H3. The number of rotatable bonds is 3. The summed E-state index contributed by atoms with van der Waals surface area (Å²) in [5.41, 5.74) is 11.3. The van der Waals surface area contributed by atoms with Gasteiger partial charge in [0.1, 0.15) is 11.2 Å². The molecular weight excluding hydrogens is 585 g/mol. The van der Waals surface area contributed by atoms with Crippen molar-refractivity contribution in [2.75, 3.05) is 0 Å². The molecule has 10 aromatic rings. The van der Waals surface area contributed by atoms with Gasteiger partial charge in [-0.1, -0.05) is 105 Å². The van der Waals surface area contributed by atoms with E-state index in [1.165, 1.54) is 66.8 Å². The highest BCUT2D eigenvalue weighted by Crippen LogP contribution is 2.39. The summed E-state index contributed by atoms with van der Waals surface area (Å²) in [7, 11) is 0. The zero-order valence-corrected chi connectivity index (χ0v) is 27.0. The number of nitrogens with zero attached hydrogens (tertiary/aromatic N) is 2. The van der Waals surface area contributed by atoms with Gasteiger partial charge in [0.15, 0.2) is 0 Å². The molecule has 0 bridgehead atoms. The molecule has 0 amide bonds. The molecule has 7 aromatic carbocycles. The second kappa shape index (κ2) is 11.3. The van der Waals surface area contributed by atoms with Crippen molar-refractivity contribution in [3.63, 3.8) is 0 Å². The van der Waals surface area contributed by atoms with Gasteiger partial charge in [-0.25, -0.2) is 0 Å². The van der Waals surface area contributed by atoms with Gasteiger partial charge >= 0.3 is 0 Å². The van der Waals surface area contributed by atoms with Crippen molar-refractivity contribution in [2.45, 2.75) is 20.3 Å². The molecule has 0 saturated carbocycles. The second-order valence-corrected chi connectivity index (χ2v) is 12.5. The van der Waals surface area contributed by atoms with E-state index in [1.54, 1.807) is 0 Å². The normalized spacial score (nSPS) is 11.6. The van der Waals surface area contributed by atoms with Gasteiger partial charge in [0.25, 0.3) is 0 Å². The van der Waals surface area contributed by atoms with E-state index in [2.05, 4.69) is 181 Å². The summed E-state index contributed by atoms with van der Waals surface area (Å²) in [6.07, 6.45) is 1.25. The number of para-hydroxylation sites is 4. The van der Waals surface area contributed by atoms with Gasteiger partial charge in [-0.2, -0.15) is 0 Å². The molecule has 3 aromatic heterocycles. The summed E-state index contributed by atoms with van der Waals surface area (Å²) < 4.78 is 11.1. The van der Waals surface area contributed by atoms with E-state index in [4.69, 9.17) is 4.42 Å². The van der Waals surface area contributed by atoms with Crippen LogP contribution in [0.3, 0.4) is 0 Å². The molecule has 0 N–H and O–H groups in total. The first-order chi connectivity index (χ1) is 23.7. The fourth-order valence-corrected chi connectivity index (χ4v) is 7.29. The molecule has 0 aliphatic carbocycles. The smallest absolute Gasteiger partial charge is 0.135 e. The number of furan rings is 1. The van der Waals surface area contributed by atoms with Crippen LogP contribution in [0.2, 0.25) is 0 Å². The third-order valence-corrected chi connectivity index (χ3v) is 9.31. The minimum absolute atomic E-state index is 0.896. The molecule has 3 heterocycles. The van der Waals surface area contributed by atoms with Crippen LogP contribution in [-0.2, 0) is 0 Å². The molecular formula is C45H34N2O. The Morgan fingerprint density at radius 2 is 0.812 bits per heavy atom. The zero-order chi connectivity index (χ0) is 32.2. The maximum Gasteiger partial charge on any atom is 0.135 e. The van der Waals surface area contributed by atoms with Crippen LogP contribution in [0, 0.1) is 0 Å². The fraction of sp³-hybridized carbons (Fsp3) is 0.0667. The zero-order valence-electron chi connectivity index (χ0n) is 27.0. The van der Waals surface area contributed by atoms with E-state index in [0.717, 1.165) is 27.6 Å². The van der Waals surface area contributed by atoms with E-state index in [9.17, 15) is 0 Å². The van der Waals surface area contributed by atoms with E-state index in [1.807, 2.05) is 0 Å². The molecule has 0 aliphatic heterocycles. The van der Waals surface area contributed by atoms with Gasteiger partial charge in [-0.05, 0) is 83.9 Å². The predicted molar refractivity (Wildman–Crippen MR) is 204 cm³/mol. The largest absolute Gasteiger partial charge is 0.456 e.